The van der Waals surface area contributed by atoms with Crippen molar-refractivity contribution in [2.45, 2.75) is 83.1 Å². The Morgan fingerprint density at radius 3 is 2.32 bits per heavy atom. The maximum Gasteiger partial charge on any atom is 0.389 e. The topological polar surface area (TPSA) is 29.3 Å². The van der Waals surface area contributed by atoms with Crippen molar-refractivity contribution < 1.29 is 13.2 Å². The number of nitrogens with two attached hydrogens (primary N) is 1. The molecule has 114 valence electrons. The molecule has 0 aromatic heterocycles. The number of nitrogens with zero attached hydrogens (tertiary/aromatic N) is 1. The highest BCUT2D eigenvalue weighted by Gasteiger charge is 2.41. The third kappa shape index (κ3) is 4.35. The predicted octanol–water partition coefficient (Wildman–Crippen LogP) is 3.70. The standard InChI is InChI=1S/C14H27F3N2/c1-4-12-7-6-11(2)19(12)13(3,10-18)8-5-9-14(15,16)17/h11-12H,4-10,18H2,1-3H3. The molecule has 3 unspecified atom stereocenters. The molecule has 1 aliphatic rings. The van der Waals surface area contributed by atoms with E-state index in [1.54, 1.807) is 0 Å². The Hall–Kier alpha value is -0.290. The van der Waals surface area contributed by atoms with Gasteiger partial charge in [-0.25, -0.2) is 0 Å². The minimum Gasteiger partial charge on any atom is -0.329 e. The van der Waals surface area contributed by atoms with Crippen LogP contribution in [-0.2, 0) is 0 Å². The molecule has 0 aromatic rings. The first-order chi connectivity index (χ1) is 8.73. The van der Waals surface area contributed by atoms with Crippen LogP contribution >= 0.6 is 0 Å². The van der Waals surface area contributed by atoms with E-state index in [9.17, 15) is 13.2 Å². The summed E-state index contributed by atoms with van der Waals surface area (Å²) in [6, 6.07) is 0.888. The molecular formula is C14H27F3N2. The maximum atomic E-state index is 12.3. The van der Waals surface area contributed by atoms with Gasteiger partial charge in [-0.1, -0.05) is 6.92 Å². The minimum absolute atomic E-state index is 0.164. The van der Waals surface area contributed by atoms with Crippen molar-refractivity contribution in [3.63, 3.8) is 0 Å². The fraction of sp³-hybridized carbons (Fsp3) is 1.00. The van der Waals surface area contributed by atoms with E-state index in [0.717, 1.165) is 19.3 Å². The SMILES string of the molecule is CCC1CCC(C)N1C(C)(CN)CCCC(F)(F)F. The Labute approximate surface area is 114 Å². The van der Waals surface area contributed by atoms with Gasteiger partial charge in [-0.2, -0.15) is 13.2 Å². The second-order valence-corrected chi connectivity index (χ2v) is 6.07. The lowest BCUT2D eigenvalue weighted by molar-refractivity contribution is -0.137. The zero-order valence-corrected chi connectivity index (χ0v) is 12.3. The van der Waals surface area contributed by atoms with E-state index in [4.69, 9.17) is 5.73 Å². The molecule has 0 spiro atoms. The number of rotatable bonds is 6. The van der Waals surface area contributed by atoms with Gasteiger partial charge in [0.2, 0.25) is 0 Å². The van der Waals surface area contributed by atoms with Gasteiger partial charge >= 0.3 is 6.18 Å². The van der Waals surface area contributed by atoms with Crippen molar-refractivity contribution in [3.8, 4) is 0 Å². The second-order valence-electron chi connectivity index (χ2n) is 6.07. The molecule has 0 amide bonds. The Morgan fingerprint density at radius 1 is 1.21 bits per heavy atom. The molecule has 1 rings (SSSR count). The number of alkyl halides is 3. The third-order valence-electron chi connectivity index (χ3n) is 4.50. The van der Waals surface area contributed by atoms with Gasteiger partial charge < -0.3 is 5.73 Å². The highest BCUT2D eigenvalue weighted by atomic mass is 19.4. The van der Waals surface area contributed by atoms with Gasteiger partial charge in [-0.3, -0.25) is 4.90 Å². The lowest BCUT2D eigenvalue weighted by Gasteiger charge is -2.44. The van der Waals surface area contributed by atoms with Crippen LogP contribution in [0, 0.1) is 0 Å². The van der Waals surface area contributed by atoms with Crippen LogP contribution in [0.15, 0.2) is 0 Å². The Bertz CT molecular complexity index is 280. The van der Waals surface area contributed by atoms with Crippen molar-refractivity contribution in [2.24, 2.45) is 5.73 Å². The molecule has 1 aliphatic heterocycles. The summed E-state index contributed by atoms with van der Waals surface area (Å²) in [5, 5.41) is 0. The molecule has 1 saturated heterocycles. The highest BCUT2D eigenvalue weighted by Crippen LogP contribution is 2.36. The normalized spacial score (nSPS) is 28.6. The van der Waals surface area contributed by atoms with E-state index in [1.165, 1.54) is 0 Å². The van der Waals surface area contributed by atoms with E-state index in [-0.39, 0.29) is 12.0 Å². The van der Waals surface area contributed by atoms with Gasteiger partial charge in [-0.05, 0) is 46.0 Å². The summed E-state index contributed by atoms with van der Waals surface area (Å²) in [6.45, 7) is 6.75. The molecule has 3 atom stereocenters. The summed E-state index contributed by atoms with van der Waals surface area (Å²) in [5.41, 5.74) is 5.59. The van der Waals surface area contributed by atoms with Crippen LogP contribution in [0.4, 0.5) is 13.2 Å². The summed E-state index contributed by atoms with van der Waals surface area (Å²) >= 11 is 0. The largest absolute Gasteiger partial charge is 0.389 e. The number of hydrogen-bond donors (Lipinski definition) is 1. The molecule has 2 nitrogen and oxygen atoms in total. The maximum absolute atomic E-state index is 12.3. The first-order valence-electron chi connectivity index (χ1n) is 7.29. The van der Waals surface area contributed by atoms with E-state index in [0.29, 0.717) is 25.0 Å². The zero-order chi connectivity index (χ0) is 14.7. The van der Waals surface area contributed by atoms with E-state index in [2.05, 4.69) is 18.7 Å². The van der Waals surface area contributed by atoms with Gasteiger partial charge in [0, 0.05) is 30.6 Å². The molecular weight excluding hydrogens is 253 g/mol. The van der Waals surface area contributed by atoms with Crippen LogP contribution < -0.4 is 5.73 Å². The number of hydrogen-bond acceptors (Lipinski definition) is 2. The fourth-order valence-electron chi connectivity index (χ4n) is 3.45. The predicted molar refractivity (Wildman–Crippen MR) is 72.0 cm³/mol. The lowest BCUT2D eigenvalue weighted by atomic mass is 9.90. The molecule has 0 saturated carbocycles. The quantitative estimate of drug-likeness (QED) is 0.804. The van der Waals surface area contributed by atoms with Gasteiger partial charge in [0.05, 0.1) is 0 Å². The third-order valence-corrected chi connectivity index (χ3v) is 4.50. The summed E-state index contributed by atoms with van der Waals surface area (Å²) in [7, 11) is 0. The molecule has 1 fully saturated rings. The molecule has 2 N–H and O–H groups in total. The number of likely N-dealkylation sites (tertiary alicyclic amines) is 1. The Kier molecular flexibility index (Phi) is 5.68. The average Bonchev–Trinajstić information content (AvgIpc) is 2.69. The number of halogens is 3. The zero-order valence-electron chi connectivity index (χ0n) is 12.3. The molecule has 1 heterocycles. The van der Waals surface area contributed by atoms with Crippen molar-refractivity contribution >= 4 is 0 Å². The van der Waals surface area contributed by atoms with Crippen molar-refractivity contribution in [1.82, 2.24) is 4.90 Å². The van der Waals surface area contributed by atoms with Crippen LogP contribution in [0.2, 0.25) is 0 Å². The Balaban J connectivity index is 2.67. The van der Waals surface area contributed by atoms with E-state index < -0.39 is 12.6 Å². The average molecular weight is 280 g/mol. The van der Waals surface area contributed by atoms with Crippen molar-refractivity contribution in [2.75, 3.05) is 6.54 Å². The first-order valence-corrected chi connectivity index (χ1v) is 7.29. The van der Waals surface area contributed by atoms with E-state index in [1.807, 2.05) is 6.92 Å². The first kappa shape index (κ1) is 16.8. The van der Waals surface area contributed by atoms with Gasteiger partial charge in [0.1, 0.15) is 0 Å². The van der Waals surface area contributed by atoms with Gasteiger partial charge in [-0.15, -0.1) is 0 Å². The lowest BCUT2D eigenvalue weighted by Crippen LogP contribution is -2.56. The smallest absolute Gasteiger partial charge is 0.329 e. The molecule has 0 radical (unpaired) electrons. The molecule has 5 heteroatoms. The molecule has 0 aliphatic carbocycles. The van der Waals surface area contributed by atoms with Crippen LogP contribution in [0.5, 0.6) is 0 Å². The molecule has 19 heavy (non-hydrogen) atoms. The van der Waals surface area contributed by atoms with Crippen molar-refractivity contribution in [1.29, 1.82) is 0 Å². The van der Waals surface area contributed by atoms with Crippen LogP contribution in [0.25, 0.3) is 0 Å². The van der Waals surface area contributed by atoms with Gasteiger partial charge in [0.25, 0.3) is 0 Å². The monoisotopic (exact) mass is 280 g/mol. The van der Waals surface area contributed by atoms with E-state index >= 15 is 0 Å². The second kappa shape index (κ2) is 6.44. The summed E-state index contributed by atoms with van der Waals surface area (Å²) in [5.74, 6) is 0. The van der Waals surface area contributed by atoms with Crippen LogP contribution in [-0.4, -0.2) is 35.2 Å². The molecule has 0 aromatic carbocycles. The Morgan fingerprint density at radius 2 is 1.84 bits per heavy atom. The molecule has 0 bridgehead atoms. The summed E-state index contributed by atoms with van der Waals surface area (Å²) in [6.07, 6.45) is -0.794. The van der Waals surface area contributed by atoms with Gasteiger partial charge in [0.15, 0.2) is 0 Å². The highest BCUT2D eigenvalue weighted by molar-refractivity contribution is 4.97. The van der Waals surface area contributed by atoms with Crippen LogP contribution in [0.3, 0.4) is 0 Å². The minimum atomic E-state index is -4.06. The van der Waals surface area contributed by atoms with Crippen molar-refractivity contribution in [3.05, 3.63) is 0 Å². The summed E-state index contributed by atoms with van der Waals surface area (Å²) < 4.78 is 36.9. The summed E-state index contributed by atoms with van der Waals surface area (Å²) in [4.78, 5) is 2.38. The van der Waals surface area contributed by atoms with Crippen LogP contribution in [0.1, 0.15) is 59.3 Å². The fourth-order valence-corrected chi connectivity index (χ4v) is 3.45.